The fourth-order valence-corrected chi connectivity index (χ4v) is 3.73. The lowest BCUT2D eigenvalue weighted by Crippen LogP contribution is -2.23. The van der Waals surface area contributed by atoms with Crippen LogP contribution in [-0.2, 0) is 11.2 Å². The van der Waals surface area contributed by atoms with Crippen LogP contribution < -0.4 is 10.1 Å². The quantitative estimate of drug-likeness (QED) is 0.705. The molecule has 3 heterocycles. The standard InChI is InChI=1S/C21H22N4O2/c1-27-20-8-14(9-23-21(20)16-10-24-25-11-16)7-19(26)18-13-22-12-17(18)15-5-3-2-4-6-15/h2-6,8-11,17-18,22H,7,12-13H2,1H3,(H,24,25). The highest BCUT2D eigenvalue weighted by atomic mass is 16.5. The van der Waals surface area contributed by atoms with Gasteiger partial charge in [0.05, 0.1) is 13.3 Å². The van der Waals surface area contributed by atoms with Gasteiger partial charge in [0.1, 0.15) is 17.2 Å². The summed E-state index contributed by atoms with van der Waals surface area (Å²) in [5.74, 6) is 1.07. The van der Waals surface area contributed by atoms with E-state index in [9.17, 15) is 4.79 Å². The number of aromatic nitrogens is 3. The van der Waals surface area contributed by atoms with Crippen LogP contribution in [0, 0.1) is 5.92 Å². The van der Waals surface area contributed by atoms with E-state index in [-0.39, 0.29) is 17.6 Å². The van der Waals surface area contributed by atoms with Crippen LogP contribution in [0.3, 0.4) is 0 Å². The van der Waals surface area contributed by atoms with Crippen LogP contribution in [0.4, 0.5) is 0 Å². The van der Waals surface area contributed by atoms with Crippen molar-refractivity contribution < 1.29 is 9.53 Å². The summed E-state index contributed by atoms with van der Waals surface area (Å²) >= 11 is 0. The first-order valence-corrected chi connectivity index (χ1v) is 9.06. The molecule has 1 aromatic carbocycles. The van der Waals surface area contributed by atoms with Crippen molar-refractivity contribution in [2.24, 2.45) is 5.92 Å². The third-order valence-corrected chi connectivity index (χ3v) is 5.13. The minimum atomic E-state index is -0.0213. The molecule has 138 valence electrons. The molecule has 1 aliphatic heterocycles. The average Bonchev–Trinajstić information content (AvgIpc) is 3.40. The maximum atomic E-state index is 13.0. The number of ether oxygens (including phenoxy) is 1. The van der Waals surface area contributed by atoms with Gasteiger partial charge >= 0.3 is 0 Å². The van der Waals surface area contributed by atoms with Crippen molar-refractivity contribution in [3.05, 3.63) is 66.1 Å². The van der Waals surface area contributed by atoms with Crippen molar-refractivity contribution in [2.45, 2.75) is 12.3 Å². The average molecular weight is 362 g/mol. The van der Waals surface area contributed by atoms with Gasteiger partial charge in [0, 0.05) is 49.3 Å². The Hall–Kier alpha value is -2.99. The molecule has 0 saturated carbocycles. The number of hydrogen-bond donors (Lipinski definition) is 2. The van der Waals surface area contributed by atoms with Crippen LogP contribution in [0.15, 0.2) is 55.0 Å². The van der Waals surface area contributed by atoms with E-state index in [4.69, 9.17) is 4.74 Å². The fourth-order valence-electron chi connectivity index (χ4n) is 3.73. The molecule has 27 heavy (non-hydrogen) atoms. The van der Waals surface area contributed by atoms with Crippen molar-refractivity contribution in [1.29, 1.82) is 0 Å². The second kappa shape index (κ2) is 7.72. The third kappa shape index (κ3) is 3.61. The number of nitrogens with zero attached hydrogens (tertiary/aromatic N) is 2. The molecule has 4 rings (SSSR count). The number of H-pyrrole nitrogens is 1. The van der Waals surface area contributed by atoms with Gasteiger partial charge in [-0.1, -0.05) is 30.3 Å². The molecule has 2 N–H and O–H groups in total. The van der Waals surface area contributed by atoms with Gasteiger partial charge in [0.25, 0.3) is 0 Å². The number of carbonyl (C=O) groups is 1. The van der Waals surface area contributed by atoms with Gasteiger partial charge < -0.3 is 10.1 Å². The number of aromatic amines is 1. The number of nitrogens with one attached hydrogen (secondary N) is 2. The summed E-state index contributed by atoms with van der Waals surface area (Å²) in [5, 5.41) is 10.1. The second-order valence-corrected chi connectivity index (χ2v) is 6.81. The summed E-state index contributed by atoms with van der Waals surface area (Å²) in [5.41, 5.74) is 3.65. The maximum absolute atomic E-state index is 13.0. The Balaban J connectivity index is 1.52. The van der Waals surface area contributed by atoms with Crippen LogP contribution in [0.25, 0.3) is 11.3 Å². The van der Waals surface area contributed by atoms with Gasteiger partial charge in [0.2, 0.25) is 0 Å². The van der Waals surface area contributed by atoms with E-state index in [0.29, 0.717) is 17.9 Å². The maximum Gasteiger partial charge on any atom is 0.145 e. The predicted molar refractivity (Wildman–Crippen MR) is 103 cm³/mol. The number of ketones is 1. The summed E-state index contributed by atoms with van der Waals surface area (Å²) in [6.45, 7) is 1.55. The fraction of sp³-hybridized carbons (Fsp3) is 0.286. The topological polar surface area (TPSA) is 79.9 Å². The summed E-state index contributed by atoms with van der Waals surface area (Å²) in [6.07, 6.45) is 5.57. The first-order chi connectivity index (χ1) is 13.3. The van der Waals surface area contributed by atoms with E-state index in [1.54, 1.807) is 25.7 Å². The van der Waals surface area contributed by atoms with Crippen LogP contribution in [0.5, 0.6) is 5.75 Å². The Morgan fingerprint density at radius 3 is 2.81 bits per heavy atom. The van der Waals surface area contributed by atoms with Gasteiger partial charge in [-0.15, -0.1) is 0 Å². The lowest BCUT2D eigenvalue weighted by atomic mass is 9.84. The van der Waals surface area contributed by atoms with Crippen molar-refractivity contribution in [2.75, 3.05) is 20.2 Å². The molecule has 1 aliphatic rings. The minimum absolute atomic E-state index is 0.0213. The molecular formula is C21H22N4O2. The van der Waals surface area contributed by atoms with Crippen molar-refractivity contribution in [1.82, 2.24) is 20.5 Å². The Morgan fingerprint density at radius 2 is 2.07 bits per heavy atom. The number of rotatable bonds is 6. The van der Waals surface area contributed by atoms with Gasteiger partial charge in [-0.25, -0.2) is 0 Å². The molecular weight excluding hydrogens is 340 g/mol. The summed E-state index contributed by atoms with van der Waals surface area (Å²) < 4.78 is 5.48. The molecule has 6 nitrogen and oxygen atoms in total. The minimum Gasteiger partial charge on any atom is -0.494 e. The molecule has 0 amide bonds. The van der Waals surface area contributed by atoms with Crippen LogP contribution in [-0.4, -0.2) is 41.2 Å². The Kier molecular flexibility index (Phi) is 4.98. The molecule has 2 atom stereocenters. The molecule has 0 spiro atoms. The smallest absolute Gasteiger partial charge is 0.145 e. The van der Waals surface area contributed by atoms with E-state index in [1.165, 1.54) is 5.56 Å². The van der Waals surface area contributed by atoms with Gasteiger partial charge in [-0.05, 0) is 17.2 Å². The number of benzene rings is 1. The third-order valence-electron chi connectivity index (χ3n) is 5.13. The van der Waals surface area contributed by atoms with Crippen LogP contribution in [0.2, 0.25) is 0 Å². The number of hydrogen-bond acceptors (Lipinski definition) is 5. The van der Waals surface area contributed by atoms with Gasteiger partial charge in [-0.2, -0.15) is 5.10 Å². The molecule has 3 aromatic rings. The Labute approximate surface area is 158 Å². The second-order valence-electron chi connectivity index (χ2n) is 6.81. The first-order valence-electron chi connectivity index (χ1n) is 9.06. The zero-order valence-corrected chi connectivity index (χ0v) is 15.2. The van der Waals surface area contributed by atoms with E-state index in [0.717, 1.165) is 24.2 Å². The highest BCUT2D eigenvalue weighted by Gasteiger charge is 2.33. The van der Waals surface area contributed by atoms with Gasteiger partial charge in [-0.3, -0.25) is 14.9 Å². The monoisotopic (exact) mass is 362 g/mol. The summed E-state index contributed by atoms with van der Waals surface area (Å²) in [4.78, 5) is 17.5. The molecule has 2 aromatic heterocycles. The van der Waals surface area contributed by atoms with Crippen LogP contribution >= 0.6 is 0 Å². The molecule has 0 bridgehead atoms. The van der Waals surface area contributed by atoms with Crippen molar-refractivity contribution in [3.63, 3.8) is 0 Å². The highest BCUT2D eigenvalue weighted by molar-refractivity contribution is 5.85. The Bertz CT molecular complexity index is 909. The predicted octanol–water partition coefficient (Wildman–Crippen LogP) is 2.60. The van der Waals surface area contributed by atoms with Gasteiger partial charge in [0.15, 0.2) is 0 Å². The normalized spacial score (nSPS) is 19.1. The molecule has 6 heteroatoms. The first kappa shape index (κ1) is 17.4. The van der Waals surface area contributed by atoms with E-state index >= 15 is 0 Å². The molecule has 1 fully saturated rings. The largest absolute Gasteiger partial charge is 0.494 e. The van der Waals surface area contributed by atoms with Crippen molar-refractivity contribution in [3.8, 4) is 17.0 Å². The number of pyridine rings is 1. The summed E-state index contributed by atoms with van der Waals surface area (Å²) in [6, 6.07) is 12.1. The van der Waals surface area contributed by atoms with E-state index < -0.39 is 0 Å². The SMILES string of the molecule is COc1cc(CC(=O)C2CNCC2c2ccccc2)cnc1-c1cn[nH]c1. The number of methoxy groups -OCH3 is 1. The number of Topliss-reactive ketones (excluding diaryl/α,β-unsaturated/α-hetero) is 1. The van der Waals surface area contributed by atoms with Crippen molar-refractivity contribution >= 4 is 5.78 Å². The number of carbonyl (C=O) groups excluding carboxylic acids is 1. The molecule has 0 radical (unpaired) electrons. The zero-order valence-electron chi connectivity index (χ0n) is 15.2. The van der Waals surface area contributed by atoms with E-state index in [2.05, 4.69) is 32.6 Å². The molecule has 2 unspecified atom stereocenters. The molecule has 0 aliphatic carbocycles. The summed E-state index contributed by atoms with van der Waals surface area (Å²) in [7, 11) is 1.61. The Morgan fingerprint density at radius 1 is 1.22 bits per heavy atom. The highest BCUT2D eigenvalue weighted by Crippen LogP contribution is 2.31. The van der Waals surface area contributed by atoms with Crippen LogP contribution in [0.1, 0.15) is 17.0 Å². The lowest BCUT2D eigenvalue weighted by Gasteiger charge is -2.18. The zero-order chi connectivity index (χ0) is 18.6. The lowest BCUT2D eigenvalue weighted by molar-refractivity contribution is -0.122. The van der Waals surface area contributed by atoms with E-state index in [1.807, 2.05) is 24.3 Å². The molecule has 1 saturated heterocycles.